The molecule has 0 aliphatic carbocycles. The number of ether oxygens (including phenoxy) is 1. The van der Waals surface area contributed by atoms with E-state index in [1.807, 2.05) is 0 Å². The van der Waals surface area contributed by atoms with Gasteiger partial charge in [-0.3, -0.25) is 4.79 Å². The first-order valence-electron chi connectivity index (χ1n) is 10.1. The molecular weight excluding hydrogens is 479 g/mol. The summed E-state index contributed by atoms with van der Waals surface area (Å²) in [6, 6.07) is 9.17. The van der Waals surface area contributed by atoms with Crippen molar-refractivity contribution in [2.24, 2.45) is 0 Å². The molecule has 4 rings (SSSR count). The third-order valence-corrected chi connectivity index (χ3v) is 5.56. The number of aromatic nitrogens is 1. The second-order valence-corrected chi connectivity index (χ2v) is 7.86. The van der Waals surface area contributed by atoms with Crippen LogP contribution < -0.4 is 10.2 Å². The van der Waals surface area contributed by atoms with Crippen molar-refractivity contribution in [2.45, 2.75) is 19.3 Å². The molecule has 0 saturated heterocycles. The number of aryl methyl sites for hydroxylation is 1. The van der Waals surface area contributed by atoms with Crippen LogP contribution in [0.1, 0.15) is 16.8 Å². The Balaban J connectivity index is 1.82. The third kappa shape index (κ3) is 4.60. The van der Waals surface area contributed by atoms with Crippen LogP contribution in [-0.4, -0.2) is 12.1 Å². The van der Waals surface area contributed by atoms with Gasteiger partial charge in [0.2, 0.25) is 0 Å². The number of methoxy groups -OCH3 is 1. The predicted octanol–water partition coefficient (Wildman–Crippen LogP) is 7.36. The van der Waals surface area contributed by atoms with E-state index in [9.17, 15) is 35.5 Å². The molecule has 182 valence electrons. The number of H-pyrrole nitrogens is 1. The van der Waals surface area contributed by atoms with E-state index in [0.29, 0.717) is 28.9 Å². The zero-order valence-corrected chi connectivity index (χ0v) is 18.2. The van der Waals surface area contributed by atoms with Crippen LogP contribution in [0.15, 0.2) is 59.4 Å². The number of halogens is 7. The smallest absolute Gasteiger partial charge is 0.416 e. The molecule has 0 saturated carbocycles. The van der Waals surface area contributed by atoms with Crippen LogP contribution in [0.2, 0.25) is 0 Å². The summed E-state index contributed by atoms with van der Waals surface area (Å²) in [7, 11) is 1.28. The zero-order chi connectivity index (χ0) is 25.7. The second-order valence-electron chi connectivity index (χ2n) is 7.86. The maximum Gasteiger partial charge on any atom is 0.416 e. The maximum atomic E-state index is 14.2. The molecular formula is C25H16F7NO2. The summed E-state index contributed by atoms with van der Waals surface area (Å²) in [4.78, 5) is 16.1. The van der Waals surface area contributed by atoms with E-state index in [4.69, 9.17) is 4.74 Å². The Labute approximate surface area is 193 Å². The highest BCUT2D eigenvalue weighted by atomic mass is 19.4. The lowest BCUT2D eigenvalue weighted by atomic mass is 9.96. The van der Waals surface area contributed by atoms with Gasteiger partial charge in [0.25, 0.3) is 0 Å². The Bertz CT molecular complexity index is 1450. The summed E-state index contributed by atoms with van der Waals surface area (Å²) in [6.07, 6.45) is -9.94. The molecule has 0 unspecified atom stereocenters. The Morgan fingerprint density at radius 3 is 1.83 bits per heavy atom. The number of fused-ring (bicyclic) bond motifs is 1. The van der Waals surface area contributed by atoms with Gasteiger partial charge in [-0.2, -0.15) is 26.3 Å². The van der Waals surface area contributed by atoms with E-state index in [1.54, 1.807) is 6.92 Å². The second kappa shape index (κ2) is 8.44. The zero-order valence-electron chi connectivity index (χ0n) is 18.2. The first-order chi connectivity index (χ1) is 16.3. The van der Waals surface area contributed by atoms with Gasteiger partial charge in [-0.1, -0.05) is 24.3 Å². The van der Waals surface area contributed by atoms with E-state index < -0.39 is 34.7 Å². The molecule has 0 aliphatic rings. The highest BCUT2D eigenvalue weighted by molar-refractivity contribution is 5.86. The number of alkyl halides is 6. The Kier molecular flexibility index (Phi) is 5.86. The molecule has 35 heavy (non-hydrogen) atoms. The van der Waals surface area contributed by atoms with Crippen LogP contribution in [0.5, 0.6) is 5.75 Å². The van der Waals surface area contributed by atoms with E-state index in [-0.39, 0.29) is 33.9 Å². The molecule has 0 bridgehead atoms. The van der Waals surface area contributed by atoms with Gasteiger partial charge in [-0.05, 0) is 47.9 Å². The summed E-state index contributed by atoms with van der Waals surface area (Å²) in [5.41, 5.74) is -2.22. The molecule has 1 N–H and O–H groups in total. The lowest BCUT2D eigenvalue weighted by Gasteiger charge is -2.15. The number of benzene rings is 3. The predicted molar refractivity (Wildman–Crippen MR) is 117 cm³/mol. The molecule has 3 aromatic carbocycles. The highest BCUT2D eigenvalue weighted by Gasteiger charge is 2.37. The number of hydrogen-bond donors (Lipinski definition) is 1. The van der Waals surface area contributed by atoms with Crippen LogP contribution in [0.3, 0.4) is 0 Å². The summed E-state index contributed by atoms with van der Waals surface area (Å²) in [6.45, 7) is 1.61. The Morgan fingerprint density at radius 2 is 1.31 bits per heavy atom. The van der Waals surface area contributed by atoms with Gasteiger partial charge < -0.3 is 9.72 Å². The molecule has 1 aromatic heterocycles. The van der Waals surface area contributed by atoms with Crippen molar-refractivity contribution in [1.82, 2.24) is 4.98 Å². The first-order valence-corrected chi connectivity index (χ1v) is 10.1. The van der Waals surface area contributed by atoms with Crippen molar-refractivity contribution in [3.05, 3.63) is 87.5 Å². The molecule has 10 heteroatoms. The van der Waals surface area contributed by atoms with Gasteiger partial charge in [-0.15, -0.1) is 0 Å². The minimum Gasteiger partial charge on any atom is -0.494 e. The summed E-state index contributed by atoms with van der Waals surface area (Å²) >= 11 is 0. The number of hydrogen-bond acceptors (Lipinski definition) is 2. The van der Waals surface area contributed by atoms with Crippen LogP contribution in [0.25, 0.3) is 33.2 Å². The van der Waals surface area contributed by atoms with Crippen LogP contribution in [-0.2, 0) is 12.4 Å². The van der Waals surface area contributed by atoms with E-state index in [1.165, 1.54) is 37.4 Å². The third-order valence-electron chi connectivity index (χ3n) is 5.56. The molecule has 4 aromatic rings. The highest BCUT2D eigenvalue weighted by Crippen LogP contribution is 2.39. The van der Waals surface area contributed by atoms with Crippen molar-refractivity contribution >= 4 is 10.9 Å². The van der Waals surface area contributed by atoms with Gasteiger partial charge >= 0.3 is 12.4 Å². The Morgan fingerprint density at radius 1 is 0.771 bits per heavy atom. The van der Waals surface area contributed by atoms with Gasteiger partial charge in [0.15, 0.2) is 17.0 Å². The average Bonchev–Trinajstić information content (AvgIpc) is 2.78. The summed E-state index contributed by atoms with van der Waals surface area (Å²) in [5, 5.41) is 0.0562. The van der Waals surface area contributed by atoms with E-state index in [2.05, 4.69) is 4.98 Å². The molecule has 0 fully saturated rings. The SMILES string of the molecule is COc1cc2[nH]c(C)c(-c3ccc(-c4cc(C(F)(F)F)cc(C(F)(F)F)c4)cc3)c(=O)c2cc1F. The molecule has 0 atom stereocenters. The van der Waals surface area contributed by atoms with Crippen LogP contribution in [0, 0.1) is 12.7 Å². The van der Waals surface area contributed by atoms with Crippen molar-refractivity contribution in [3.8, 4) is 28.0 Å². The largest absolute Gasteiger partial charge is 0.494 e. The number of pyridine rings is 1. The van der Waals surface area contributed by atoms with Gasteiger partial charge in [0.05, 0.1) is 23.8 Å². The van der Waals surface area contributed by atoms with Gasteiger partial charge in [-0.25, -0.2) is 4.39 Å². The summed E-state index contributed by atoms with van der Waals surface area (Å²) < 4.78 is 98.2. The topological polar surface area (TPSA) is 42.1 Å². The van der Waals surface area contributed by atoms with E-state index in [0.717, 1.165) is 6.07 Å². The molecule has 1 heterocycles. The van der Waals surface area contributed by atoms with Crippen LogP contribution in [0.4, 0.5) is 30.7 Å². The fourth-order valence-corrected chi connectivity index (χ4v) is 3.87. The molecule has 0 amide bonds. The normalized spacial score (nSPS) is 12.3. The minimum absolute atomic E-state index is 0.0519. The fourth-order valence-electron chi connectivity index (χ4n) is 3.87. The Hall–Kier alpha value is -3.82. The average molecular weight is 495 g/mol. The van der Waals surface area contributed by atoms with Crippen molar-refractivity contribution in [3.63, 3.8) is 0 Å². The van der Waals surface area contributed by atoms with E-state index >= 15 is 0 Å². The monoisotopic (exact) mass is 495 g/mol. The number of rotatable bonds is 3. The van der Waals surface area contributed by atoms with Crippen molar-refractivity contribution < 1.29 is 35.5 Å². The minimum atomic E-state index is -4.97. The van der Waals surface area contributed by atoms with Crippen molar-refractivity contribution in [1.29, 1.82) is 0 Å². The van der Waals surface area contributed by atoms with Gasteiger partial charge in [0, 0.05) is 22.7 Å². The standard InChI is InChI=1S/C25H16F7NO2/c1-12-22(23(34)18-10-19(26)21(35-2)11-20(18)33-12)14-5-3-13(4-6-14)15-7-16(24(27,28)29)9-17(8-15)25(30,31)32/h3-11H,1-2H3,(H,33,34). The molecule has 0 spiro atoms. The number of aromatic amines is 1. The number of nitrogens with one attached hydrogen (secondary N) is 1. The van der Waals surface area contributed by atoms with Crippen LogP contribution >= 0.6 is 0 Å². The fraction of sp³-hybridized carbons (Fsp3) is 0.160. The first kappa shape index (κ1) is 24.3. The lowest BCUT2D eigenvalue weighted by molar-refractivity contribution is -0.143. The molecule has 0 radical (unpaired) electrons. The quantitative estimate of drug-likeness (QED) is 0.302. The molecule has 3 nitrogen and oxygen atoms in total. The van der Waals surface area contributed by atoms with Crippen molar-refractivity contribution in [2.75, 3.05) is 7.11 Å². The summed E-state index contributed by atoms with van der Waals surface area (Å²) in [5.74, 6) is -0.787. The maximum absolute atomic E-state index is 14.2. The lowest BCUT2D eigenvalue weighted by Crippen LogP contribution is -2.11. The molecule has 0 aliphatic heterocycles. The van der Waals surface area contributed by atoms with Gasteiger partial charge in [0.1, 0.15) is 0 Å².